The van der Waals surface area contributed by atoms with Gasteiger partial charge in [0.2, 0.25) is 10.0 Å². The maximum Gasteiger partial charge on any atom is 0.253 e. The van der Waals surface area contributed by atoms with Crippen LogP contribution in [0.3, 0.4) is 0 Å². The third-order valence-electron chi connectivity index (χ3n) is 4.34. The van der Waals surface area contributed by atoms with Crippen molar-refractivity contribution in [2.24, 2.45) is 7.05 Å². The van der Waals surface area contributed by atoms with Crippen molar-refractivity contribution >= 4 is 27.0 Å². The molecule has 0 spiro atoms. The normalized spacial score (nSPS) is 11.7. The van der Waals surface area contributed by atoms with Gasteiger partial charge in [-0.25, -0.2) is 18.1 Å². The van der Waals surface area contributed by atoms with E-state index in [1.54, 1.807) is 36.0 Å². The molecule has 3 rings (SSSR count). The van der Waals surface area contributed by atoms with Gasteiger partial charge in [-0.15, -0.1) is 0 Å². The Morgan fingerprint density at radius 1 is 1.22 bits per heavy atom. The van der Waals surface area contributed by atoms with Crippen LogP contribution in [0.15, 0.2) is 36.5 Å². The standard InChI is InChI=1S/C18H21N5O3S/c1-12-16-8-15(10-20-17(16)23(3)22-12)18(24)21-9-13-6-4-5-7-14(13)11-27(25,26)19-2/h4-8,10,19H,9,11H2,1-3H3,(H,21,24). The second kappa shape index (κ2) is 7.45. The van der Waals surface area contributed by atoms with Gasteiger partial charge in [0.25, 0.3) is 5.91 Å². The van der Waals surface area contributed by atoms with E-state index >= 15 is 0 Å². The average Bonchev–Trinajstić information content (AvgIpc) is 2.94. The fraction of sp³-hybridized carbons (Fsp3) is 0.278. The van der Waals surface area contributed by atoms with Crippen molar-refractivity contribution in [2.45, 2.75) is 19.2 Å². The van der Waals surface area contributed by atoms with Crippen LogP contribution in [0.5, 0.6) is 0 Å². The SMILES string of the molecule is CNS(=O)(=O)Cc1ccccc1CNC(=O)c1cnc2c(c1)c(C)nn2C. The predicted molar refractivity (Wildman–Crippen MR) is 103 cm³/mol. The minimum Gasteiger partial charge on any atom is -0.348 e. The number of pyridine rings is 1. The molecule has 142 valence electrons. The third-order valence-corrected chi connectivity index (χ3v) is 5.65. The summed E-state index contributed by atoms with van der Waals surface area (Å²) in [5.74, 6) is -0.420. The molecule has 0 bridgehead atoms. The smallest absolute Gasteiger partial charge is 0.253 e. The summed E-state index contributed by atoms with van der Waals surface area (Å²) in [6.07, 6.45) is 1.51. The van der Waals surface area contributed by atoms with Crippen LogP contribution in [0.4, 0.5) is 0 Å². The second-order valence-electron chi connectivity index (χ2n) is 6.22. The molecule has 1 amide bonds. The van der Waals surface area contributed by atoms with Crippen molar-refractivity contribution in [3.05, 3.63) is 58.9 Å². The van der Waals surface area contributed by atoms with Crippen molar-refractivity contribution in [1.29, 1.82) is 0 Å². The van der Waals surface area contributed by atoms with Crippen LogP contribution in [-0.2, 0) is 29.4 Å². The largest absolute Gasteiger partial charge is 0.348 e. The zero-order valence-corrected chi connectivity index (χ0v) is 16.2. The lowest BCUT2D eigenvalue weighted by atomic mass is 10.1. The van der Waals surface area contributed by atoms with E-state index in [1.807, 2.05) is 13.0 Å². The molecule has 0 unspecified atom stereocenters. The highest BCUT2D eigenvalue weighted by Crippen LogP contribution is 2.17. The molecule has 0 aliphatic heterocycles. The van der Waals surface area contributed by atoms with Crippen molar-refractivity contribution in [2.75, 3.05) is 7.05 Å². The summed E-state index contributed by atoms with van der Waals surface area (Å²) < 4.78 is 27.6. The van der Waals surface area contributed by atoms with Crippen LogP contribution >= 0.6 is 0 Å². The third kappa shape index (κ3) is 4.15. The Bertz CT molecular complexity index is 1110. The maximum absolute atomic E-state index is 12.5. The van der Waals surface area contributed by atoms with E-state index in [0.29, 0.717) is 16.8 Å². The van der Waals surface area contributed by atoms with Gasteiger partial charge in [0.05, 0.1) is 17.0 Å². The number of carbonyl (C=O) groups is 1. The second-order valence-corrected chi connectivity index (χ2v) is 8.15. The number of nitrogens with one attached hydrogen (secondary N) is 2. The van der Waals surface area contributed by atoms with E-state index in [1.165, 1.54) is 13.2 Å². The lowest BCUT2D eigenvalue weighted by Gasteiger charge is -2.11. The molecule has 27 heavy (non-hydrogen) atoms. The Hall–Kier alpha value is -2.78. The van der Waals surface area contributed by atoms with Gasteiger partial charge in [0, 0.05) is 25.2 Å². The molecule has 9 heteroatoms. The van der Waals surface area contributed by atoms with E-state index < -0.39 is 10.0 Å². The molecule has 0 radical (unpaired) electrons. The molecule has 0 aliphatic carbocycles. The van der Waals surface area contributed by atoms with E-state index in [9.17, 15) is 13.2 Å². The highest BCUT2D eigenvalue weighted by atomic mass is 32.2. The number of aryl methyl sites for hydroxylation is 2. The molecule has 0 aliphatic rings. The fourth-order valence-corrected chi connectivity index (χ4v) is 3.69. The van der Waals surface area contributed by atoms with Crippen molar-refractivity contribution < 1.29 is 13.2 Å². The van der Waals surface area contributed by atoms with Gasteiger partial charge in [-0.3, -0.25) is 9.48 Å². The average molecular weight is 387 g/mol. The monoisotopic (exact) mass is 387 g/mol. The Morgan fingerprint density at radius 2 is 1.93 bits per heavy atom. The van der Waals surface area contributed by atoms with Gasteiger partial charge in [-0.2, -0.15) is 5.10 Å². The van der Waals surface area contributed by atoms with Gasteiger partial charge in [0.15, 0.2) is 5.65 Å². The lowest BCUT2D eigenvalue weighted by molar-refractivity contribution is 0.0950. The molecule has 0 atom stereocenters. The molecule has 1 aromatic carbocycles. The zero-order valence-electron chi connectivity index (χ0n) is 15.4. The number of fused-ring (bicyclic) bond motifs is 1. The molecule has 0 fully saturated rings. The molecule has 3 aromatic rings. The number of hydrogen-bond acceptors (Lipinski definition) is 5. The van der Waals surface area contributed by atoms with Crippen LogP contribution in [0, 0.1) is 6.92 Å². The quantitative estimate of drug-likeness (QED) is 0.662. The minimum atomic E-state index is -3.39. The van der Waals surface area contributed by atoms with Crippen LogP contribution in [0.2, 0.25) is 0 Å². The summed E-state index contributed by atoms with van der Waals surface area (Å²) in [7, 11) is -0.212. The summed E-state index contributed by atoms with van der Waals surface area (Å²) in [5.41, 5.74) is 3.34. The lowest BCUT2D eigenvalue weighted by Crippen LogP contribution is -2.25. The van der Waals surface area contributed by atoms with Crippen LogP contribution in [0.1, 0.15) is 27.2 Å². The molecule has 2 heterocycles. The number of hydrogen-bond donors (Lipinski definition) is 2. The minimum absolute atomic E-state index is 0.141. The predicted octanol–water partition coefficient (Wildman–Crippen LogP) is 1.26. The molecule has 2 aromatic heterocycles. The molecular weight excluding hydrogens is 366 g/mol. The van der Waals surface area contributed by atoms with Gasteiger partial charge in [0.1, 0.15) is 0 Å². The number of benzene rings is 1. The highest BCUT2D eigenvalue weighted by Gasteiger charge is 2.14. The van der Waals surface area contributed by atoms with E-state index in [0.717, 1.165) is 16.6 Å². The molecule has 0 saturated heterocycles. The van der Waals surface area contributed by atoms with Crippen LogP contribution < -0.4 is 10.0 Å². The molecule has 8 nitrogen and oxygen atoms in total. The van der Waals surface area contributed by atoms with Gasteiger partial charge < -0.3 is 5.32 Å². The summed E-state index contributed by atoms with van der Waals surface area (Å²) in [6, 6.07) is 8.88. The van der Waals surface area contributed by atoms with Crippen molar-refractivity contribution in [3.63, 3.8) is 0 Å². The first-order valence-corrected chi connectivity index (χ1v) is 10.0. The van der Waals surface area contributed by atoms with Gasteiger partial charge >= 0.3 is 0 Å². The van der Waals surface area contributed by atoms with Gasteiger partial charge in [-0.05, 0) is 31.2 Å². The first kappa shape index (κ1) is 19.0. The fourth-order valence-electron chi connectivity index (χ4n) is 2.86. The molecule has 0 saturated carbocycles. The van der Waals surface area contributed by atoms with Gasteiger partial charge in [-0.1, -0.05) is 24.3 Å². The Kier molecular flexibility index (Phi) is 5.24. The summed E-state index contributed by atoms with van der Waals surface area (Å²) >= 11 is 0. The highest BCUT2D eigenvalue weighted by molar-refractivity contribution is 7.88. The van der Waals surface area contributed by atoms with Crippen LogP contribution in [-0.4, -0.2) is 36.1 Å². The topological polar surface area (TPSA) is 106 Å². The number of amides is 1. The first-order chi connectivity index (χ1) is 12.8. The van der Waals surface area contributed by atoms with Crippen LogP contribution in [0.25, 0.3) is 11.0 Å². The van der Waals surface area contributed by atoms with E-state index in [4.69, 9.17) is 0 Å². The van der Waals surface area contributed by atoms with E-state index in [2.05, 4.69) is 20.1 Å². The van der Waals surface area contributed by atoms with Crippen molar-refractivity contribution in [3.8, 4) is 0 Å². The summed E-state index contributed by atoms with van der Waals surface area (Å²) in [6.45, 7) is 2.09. The first-order valence-electron chi connectivity index (χ1n) is 8.36. The zero-order chi connectivity index (χ0) is 19.6. The number of rotatable bonds is 6. The number of carbonyl (C=O) groups excluding carboxylic acids is 1. The number of nitrogens with zero attached hydrogens (tertiary/aromatic N) is 3. The molecular formula is C18H21N5O3S. The maximum atomic E-state index is 12.5. The Labute approximate surface area is 157 Å². The van der Waals surface area contributed by atoms with E-state index in [-0.39, 0.29) is 18.2 Å². The Balaban J connectivity index is 1.77. The number of sulfonamides is 1. The number of aromatic nitrogens is 3. The summed E-state index contributed by atoms with van der Waals surface area (Å²) in [5, 5.41) is 7.95. The van der Waals surface area contributed by atoms with Crippen molar-refractivity contribution in [1.82, 2.24) is 24.8 Å². The Morgan fingerprint density at radius 3 is 2.63 bits per heavy atom. The summed E-state index contributed by atoms with van der Waals surface area (Å²) in [4.78, 5) is 16.8. The molecule has 2 N–H and O–H groups in total.